The first kappa shape index (κ1) is 13.5. The third-order valence-corrected chi connectivity index (χ3v) is 2.66. The fraction of sp³-hybridized carbons (Fsp3) is 0.667. The van der Waals surface area contributed by atoms with E-state index in [9.17, 15) is 4.79 Å². The fourth-order valence-electron chi connectivity index (χ4n) is 1.33. The molecule has 0 aromatic carbocycles. The maximum atomic E-state index is 12.0. The first-order chi connectivity index (χ1) is 7.64. The number of carbonyl (C=O) groups is 1. The van der Waals surface area contributed by atoms with Gasteiger partial charge in [-0.3, -0.25) is 0 Å². The molecule has 1 amide bonds. The van der Waals surface area contributed by atoms with E-state index in [-0.39, 0.29) is 6.09 Å². The summed E-state index contributed by atoms with van der Waals surface area (Å²) in [4.78, 5) is 20.5. The minimum Gasteiger partial charge on any atom is -0.444 e. The van der Waals surface area contributed by atoms with E-state index in [0.717, 1.165) is 5.69 Å². The Kier molecular flexibility index (Phi) is 3.50. The molecular formula is C12H21N3O2. The van der Waals surface area contributed by atoms with Crippen molar-refractivity contribution in [3.8, 4) is 0 Å². The van der Waals surface area contributed by atoms with Crippen molar-refractivity contribution in [3.63, 3.8) is 0 Å². The van der Waals surface area contributed by atoms with Crippen LogP contribution in [0.3, 0.4) is 0 Å². The van der Waals surface area contributed by atoms with Gasteiger partial charge in [-0.2, -0.15) is 0 Å². The van der Waals surface area contributed by atoms with E-state index >= 15 is 0 Å². The highest BCUT2D eigenvalue weighted by Gasteiger charge is 2.33. The second-order valence-corrected chi connectivity index (χ2v) is 5.56. The zero-order valence-electron chi connectivity index (χ0n) is 11.4. The lowest BCUT2D eigenvalue weighted by atomic mass is 10.00. The van der Waals surface area contributed by atoms with E-state index in [4.69, 9.17) is 4.74 Å². The van der Waals surface area contributed by atoms with Crippen molar-refractivity contribution in [3.05, 3.63) is 18.2 Å². The Balaban J connectivity index is 2.82. The van der Waals surface area contributed by atoms with Crippen molar-refractivity contribution < 1.29 is 9.53 Å². The maximum absolute atomic E-state index is 12.0. The van der Waals surface area contributed by atoms with Crippen molar-refractivity contribution in [1.29, 1.82) is 0 Å². The van der Waals surface area contributed by atoms with Crippen LogP contribution in [-0.4, -0.2) is 33.6 Å². The summed E-state index contributed by atoms with van der Waals surface area (Å²) in [6.45, 7) is 9.42. The van der Waals surface area contributed by atoms with E-state index in [1.807, 2.05) is 34.6 Å². The van der Waals surface area contributed by atoms with Crippen LogP contribution in [0.4, 0.5) is 4.79 Å². The van der Waals surface area contributed by atoms with Crippen LogP contribution in [0.25, 0.3) is 0 Å². The Morgan fingerprint density at radius 2 is 1.94 bits per heavy atom. The highest BCUT2D eigenvalue weighted by atomic mass is 16.6. The summed E-state index contributed by atoms with van der Waals surface area (Å²) in [6.07, 6.45) is 2.96. The van der Waals surface area contributed by atoms with Crippen LogP contribution in [0.2, 0.25) is 0 Å². The van der Waals surface area contributed by atoms with Crippen molar-refractivity contribution in [2.45, 2.75) is 45.8 Å². The molecule has 0 aliphatic carbocycles. The van der Waals surface area contributed by atoms with E-state index < -0.39 is 11.1 Å². The van der Waals surface area contributed by atoms with Gasteiger partial charge in [-0.1, -0.05) is 0 Å². The summed E-state index contributed by atoms with van der Waals surface area (Å²) < 4.78 is 5.34. The van der Waals surface area contributed by atoms with Crippen molar-refractivity contribution in [2.24, 2.45) is 0 Å². The molecule has 1 aromatic rings. The summed E-state index contributed by atoms with van der Waals surface area (Å²) in [6, 6.07) is 0. The van der Waals surface area contributed by atoms with Crippen LogP contribution >= 0.6 is 0 Å². The quantitative estimate of drug-likeness (QED) is 0.862. The lowest BCUT2D eigenvalue weighted by molar-refractivity contribution is 0.00976. The molecule has 1 N–H and O–H groups in total. The Bertz CT molecular complexity index is 377. The number of amides is 1. The smallest absolute Gasteiger partial charge is 0.410 e. The molecule has 0 saturated carbocycles. The molecule has 5 heteroatoms. The molecule has 0 unspecified atom stereocenters. The second kappa shape index (κ2) is 4.39. The minimum atomic E-state index is -0.491. The summed E-state index contributed by atoms with van der Waals surface area (Å²) >= 11 is 0. The van der Waals surface area contributed by atoms with E-state index in [2.05, 4.69) is 9.97 Å². The maximum Gasteiger partial charge on any atom is 0.410 e. The average Bonchev–Trinajstić information content (AvgIpc) is 2.66. The normalized spacial score (nSPS) is 12.4. The number of rotatable bonds is 2. The van der Waals surface area contributed by atoms with Gasteiger partial charge in [-0.05, 0) is 34.6 Å². The number of nitrogens with zero attached hydrogens (tertiary/aromatic N) is 2. The Labute approximate surface area is 102 Å². The highest BCUT2D eigenvalue weighted by Crippen LogP contribution is 2.25. The standard InChI is InChI=1S/C12H21N3O2/c1-11(2,3)17-10(16)15(6)12(4,5)9-7-13-8-14-9/h7-8H,1-6H3,(H,13,14). The minimum absolute atomic E-state index is 0.350. The molecule has 0 saturated heterocycles. The molecule has 0 aliphatic rings. The molecule has 0 fully saturated rings. The molecule has 0 atom stereocenters. The highest BCUT2D eigenvalue weighted by molar-refractivity contribution is 5.69. The summed E-state index contributed by atoms with van der Waals surface area (Å²) in [5.74, 6) is 0. The van der Waals surface area contributed by atoms with Gasteiger partial charge in [0, 0.05) is 7.05 Å². The zero-order chi connectivity index (χ0) is 13.3. The number of hydrogen-bond acceptors (Lipinski definition) is 3. The molecule has 0 radical (unpaired) electrons. The van der Waals surface area contributed by atoms with Gasteiger partial charge in [-0.25, -0.2) is 9.78 Å². The van der Waals surface area contributed by atoms with Crippen molar-refractivity contribution in [1.82, 2.24) is 14.9 Å². The lowest BCUT2D eigenvalue weighted by Gasteiger charge is -2.35. The van der Waals surface area contributed by atoms with Gasteiger partial charge in [0.15, 0.2) is 0 Å². The molecule has 1 heterocycles. The SMILES string of the molecule is CN(C(=O)OC(C)(C)C)C(C)(C)c1cnc[nH]1. The first-order valence-electron chi connectivity index (χ1n) is 5.60. The summed E-state index contributed by atoms with van der Waals surface area (Å²) in [7, 11) is 1.72. The predicted molar refractivity (Wildman–Crippen MR) is 65.6 cm³/mol. The number of H-pyrrole nitrogens is 1. The first-order valence-corrected chi connectivity index (χ1v) is 5.60. The number of hydrogen-bond donors (Lipinski definition) is 1. The van der Waals surface area contributed by atoms with Crippen molar-refractivity contribution in [2.75, 3.05) is 7.05 Å². The van der Waals surface area contributed by atoms with Gasteiger partial charge in [-0.15, -0.1) is 0 Å². The van der Waals surface area contributed by atoms with Gasteiger partial charge in [0.25, 0.3) is 0 Å². The molecular weight excluding hydrogens is 218 g/mol. The molecule has 1 aromatic heterocycles. The Morgan fingerprint density at radius 3 is 2.35 bits per heavy atom. The number of aromatic amines is 1. The summed E-state index contributed by atoms with van der Waals surface area (Å²) in [5, 5.41) is 0. The van der Waals surface area contributed by atoms with Gasteiger partial charge < -0.3 is 14.6 Å². The lowest BCUT2D eigenvalue weighted by Crippen LogP contribution is -2.45. The monoisotopic (exact) mass is 239 g/mol. The molecule has 96 valence electrons. The van der Waals surface area contributed by atoms with E-state index in [1.54, 1.807) is 24.5 Å². The topological polar surface area (TPSA) is 58.2 Å². The van der Waals surface area contributed by atoms with Gasteiger partial charge in [0.2, 0.25) is 0 Å². The van der Waals surface area contributed by atoms with Crippen LogP contribution in [0.5, 0.6) is 0 Å². The van der Waals surface area contributed by atoms with E-state index in [1.165, 1.54) is 0 Å². The Morgan fingerprint density at radius 1 is 1.35 bits per heavy atom. The van der Waals surface area contributed by atoms with Crippen LogP contribution in [0.1, 0.15) is 40.3 Å². The number of imidazole rings is 1. The second-order valence-electron chi connectivity index (χ2n) is 5.56. The van der Waals surface area contributed by atoms with Crippen LogP contribution in [0.15, 0.2) is 12.5 Å². The predicted octanol–water partition coefficient (Wildman–Crippen LogP) is 2.51. The van der Waals surface area contributed by atoms with Crippen LogP contribution in [0, 0.1) is 0 Å². The largest absolute Gasteiger partial charge is 0.444 e. The number of carbonyl (C=O) groups excluding carboxylic acids is 1. The van der Waals surface area contributed by atoms with Gasteiger partial charge in [0.1, 0.15) is 5.60 Å². The van der Waals surface area contributed by atoms with Gasteiger partial charge >= 0.3 is 6.09 Å². The molecule has 0 aliphatic heterocycles. The number of aromatic nitrogens is 2. The number of ether oxygens (including phenoxy) is 1. The molecule has 17 heavy (non-hydrogen) atoms. The zero-order valence-corrected chi connectivity index (χ0v) is 11.4. The molecule has 5 nitrogen and oxygen atoms in total. The fourth-order valence-corrected chi connectivity index (χ4v) is 1.33. The molecule has 0 bridgehead atoms. The van der Waals surface area contributed by atoms with Crippen molar-refractivity contribution >= 4 is 6.09 Å². The number of nitrogens with one attached hydrogen (secondary N) is 1. The molecule has 0 spiro atoms. The van der Waals surface area contributed by atoms with Crippen LogP contribution in [-0.2, 0) is 10.3 Å². The summed E-state index contributed by atoms with van der Waals surface area (Å²) in [5.41, 5.74) is -0.111. The average molecular weight is 239 g/mol. The van der Waals surface area contributed by atoms with E-state index in [0.29, 0.717) is 0 Å². The third-order valence-electron chi connectivity index (χ3n) is 2.66. The van der Waals surface area contributed by atoms with Crippen LogP contribution < -0.4 is 0 Å². The Hall–Kier alpha value is -1.52. The third kappa shape index (κ3) is 3.22. The van der Waals surface area contributed by atoms with Gasteiger partial charge in [0.05, 0.1) is 23.8 Å². The molecule has 1 rings (SSSR count).